The zero-order valence-corrected chi connectivity index (χ0v) is 13.5. The van der Waals surface area contributed by atoms with Crippen molar-refractivity contribution >= 4 is 17.0 Å². The Morgan fingerprint density at radius 3 is 2.92 bits per heavy atom. The van der Waals surface area contributed by atoms with Gasteiger partial charge in [0.2, 0.25) is 0 Å². The molecule has 7 nitrogen and oxygen atoms in total. The predicted molar refractivity (Wildman–Crippen MR) is 90.6 cm³/mol. The molecule has 3 aromatic rings. The monoisotopic (exact) mass is 343 g/mol. The lowest BCUT2D eigenvalue weighted by molar-refractivity contribution is -0.385. The maximum absolute atomic E-state index is 11.9. The number of methoxy groups -OCH3 is 1. The number of benzene rings is 1. The lowest BCUT2D eigenvalue weighted by atomic mass is 10.2. The van der Waals surface area contributed by atoms with Gasteiger partial charge >= 0.3 is 0 Å². The molecule has 0 amide bonds. The molecule has 2 aromatic heterocycles. The molecule has 0 unspecified atom stereocenters. The second kappa shape index (κ2) is 6.63. The summed E-state index contributed by atoms with van der Waals surface area (Å²) in [5.74, 6) is 0.735. The first-order valence-electron chi connectivity index (χ1n) is 7.00. The van der Waals surface area contributed by atoms with E-state index in [1.807, 2.05) is 29.6 Å². The smallest absolute Gasteiger partial charge is 0.285 e. The van der Waals surface area contributed by atoms with Crippen LogP contribution in [-0.2, 0) is 6.54 Å². The van der Waals surface area contributed by atoms with Crippen molar-refractivity contribution in [3.63, 3.8) is 0 Å². The number of aromatic nitrogens is 2. The average Bonchev–Trinajstić information content (AvgIpc) is 3.05. The minimum atomic E-state index is -0.529. The third-order valence-electron chi connectivity index (χ3n) is 3.38. The highest BCUT2D eigenvalue weighted by molar-refractivity contribution is 7.13. The summed E-state index contributed by atoms with van der Waals surface area (Å²) in [4.78, 5) is 26.7. The van der Waals surface area contributed by atoms with Gasteiger partial charge in [0.05, 0.1) is 30.5 Å². The summed E-state index contributed by atoms with van der Waals surface area (Å²) in [5.41, 5.74) is 1.15. The van der Waals surface area contributed by atoms with Crippen LogP contribution in [0.15, 0.2) is 52.8 Å². The Morgan fingerprint density at radius 2 is 2.17 bits per heavy atom. The van der Waals surface area contributed by atoms with Crippen molar-refractivity contribution in [2.24, 2.45) is 0 Å². The quantitative estimate of drug-likeness (QED) is 0.525. The first-order chi connectivity index (χ1) is 11.6. The minimum absolute atomic E-state index is 0.127. The van der Waals surface area contributed by atoms with E-state index in [1.165, 1.54) is 34.2 Å². The predicted octanol–water partition coefficient (Wildman–Crippen LogP) is 2.94. The Kier molecular flexibility index (Phi) is 4.39. The third kappa shape index (κ3) is 3.33. The molecule has 1 aromatic carbocycles. The van der Waals surface area contributed by atoms with Gasteiger partial charge in [-0.3, -0.25) is 14.9 Å². The minimum Gasteiger partial charge on any atom is -0.497 e. The number of pyridine rings is 1. The van der Waals surface area contributed by atoms with E-state index in [2.05, 4.69) is 4.98 Å². The van der Waals surface area contributed by atoms with E-state index < -0.39 is 4.92 Å². The summed E-state index contributed by atoms with van der Waals surface area (Å²) in [6, 6.07) is 9.91. The summed E-state index contributed by atoms with van der Waals surface area (Å²) < 4.78 is 6.48. The van der Waals surface area contributed by atoms with Crippen LogP contribution in [0.1, 0.15) is 5.69 Å². The average molecular weight is 343 g/mol. The van der Waals surface area contributed by atoms with E-state index in [9.17, 15) is 14.9 Å². The molecule has 24 heavy (non-hydrogen) atoms. The number of thiazole rings is 1. The molecule has 0 bridgehead atoms. The number of ether oxygens (including phenoxy) is 1. The van der Waals surface area contributed by atoms with Gasteiger partial charge in [0, 0.05) is 23.1 Å². The summed E-state index contributed by atoms with van der Waals surface area (Å²) >= 11 is 1.44. The van der Waals surface area contributed by atoms with Crippen LogP contribution >= 0.6 is 11.3 Å². The Balaban J connectivity index is 1.88. The molecule has 0 saturated carbocycles. The van der Waals surface area contributed by atoms with Crippen LogP contribution in [0.4, 0.5) is 5.69 Å². The van der Waals surface area contributed by atoms with Crippen LogP contribution < -0.4 is 10.3 Å². The largest absolute Gasteiger partial charge is 0.497 e. The topological polar surface area (TPSA) is 87.3 Å². The summed E-state index contributed by atoms with van der Waals surface area (Å²) in [6.45, 7) is 0.182. The molecule has 0 N–H and O–H groups in total. The normalized spacial score (nSPS) is 10.5. The van der Waals surface area contributed by atoms with E-state index in [0.717, 1.165) is 16.3 Å². The fourth-order valence-corrected chi connectivity index (χ4v) is 3.00. The van der Waals surface area contributed by atoms with Crippen LogP contribution in [0.3, 0.4) is 0 Å². The molecule has 0 aliphatic carbocycles. The fourth-order valence-electron chi connectivity index (χ4n) is 2.19. The van der Waals surface area contributed by atoms with Gasteiger partial charge in [-0.1, -0.05) is 12.1 Å². The number of rotatable bonds is 5. The maximum atomic E-state index is 11.9. The van der Waals surface area contributed by atoms with Crippen LogP contribution in [0.2, 0.25) is 0 Å². The molecule has 0 saturated heterocycles. The van der Waals surface area contributed by atoms with Crippen LogP contribution in [0.5, 0.6) is 5.75 Å². The molecule has 3 rings (SSSR count). The molecule has 0 radical (unpaired) electrons. The Morgan fingerprint density at radius 1 is 1.33 bits per heavy atom. The van der Waals surface area contributed by atoms with Gasteiger partial charge in [0.25, 0.3) is 11.2 Å². The molecule has 2 heterocycles. The lowest BCUT2D eigenvalue weighted by Crippen LogP contribution is -2.19. The first kappa shape index (κ1) is 15.9. The van der Waals surface area contributed by atoms with Crippen LogP contribution in [0.25, 0.3) is 10.6 Å². The zero-order valence-electron chi connectivity index (χ0n) is 12.7. The van der Waals surface area contributed by atoms with Gasteiger partial charge in [-0.15, -0.1) is 11.3 Å². The summed E-state index contributed by atoms with van der Waals surface area (Å²) in [7, 11) is 1.60. The van der Waals surface area contributed by atoms with Gasteiger partial charge < -0.3 is 9.30 Å². The Bertz CT molecular complexity index is 948. The number of hydrogen-bond donors (Lipinski definition) is 0. The molecule has 8 heteroatoms. The SMILES string of the molecule is COc1cccc(-c2nc(Cn3cc([N+](=O)[O-])ccc3=O)cs2)c1. The fraction of sp³-hybridized carbons (Fsp3) is 0.125. The number of nitro groups is 1. The number of hydrogen-bond acceptors (Lipinski definition) is 6. The van der Waals surface area contributed by atoms with Crippen molar-refractivity contribution in [3.05, 3.63) is 74.1 Å². The standard InChI is InChI=1S/C16H13N3O4S/c1-23-14-4-2-3-11(7-14)16-17-12(10-24-16)8-18-9-13(19(21)22)5-6-15(18)20/h2-7,9-10H,8H2,1H3. The van der Waals surface area contributed by atoms with Gasteiger partial charge in [-0.2, -0.15) is 0 Å². The zero-order chi connectivity index (χ0) is 17.1. The number of nitrogens with zero attached hydrogens (tertiary/aromatic N) is 3. The molecule has 0 spiro atoms. The van der Waals surface area contributed by atoms with Crippen molar-refractivity contribution in [2.75, 3.05) is 7.11 Å². The molecular weight excluding hydrogens is 330 g/mol. The van der Waals surface area contributed by atoms with Crippen molar-refractivity contribution in [2.45, 2.75) is 6.54 Å². The second-order valence-corrected chi connectivity index (χ2v) is 5.84. The molecular formula is C16H13N3O4S. The maximum Gasteiger partial charge on any atom is 0.285 e. The van der Waals surface area contributed by atoms with Crippen molar-refractivity contribution < 1.29 is 9.66 Å². The van der Waals surface area contributed by atoms with Gasteiger partial charge in [-0.25, -0.2) is 4.98 Å². The summed E-state index contributed by atoms with van der Waals surface area (Å²) in [5, 5.41) is 13.5. The molecule has 122 valence electrons. The molecule has 0 aliphatic heterocycles. The van der Waals surface area contributed by atoms with Gasteiger partial charge in [0.15, 0.2) is 0 Å². The Labute approximate surface area is 140 Å². The van der Waals surface area contributed by atoms with E-state index in [1.54, 1.807) is 7.11 Å². The molecule has 0 fully saturated rings. The van der Waals surface area contributed by atoms with E-state index in [0.29, 0.717) is 5.69 Å². The van der Waals surface area contributed by atoms with Crippen LogP contribution in [0, 0.1) is 10.1 Å². The third-order valence-corrected chi connectivity index (χ3v) is 4.32. The summed E-state index contributed by atoms with van der Waals surface area (Å²) in [6.07, 6.45) is 1.23. The highest BCUT2D eigenvalue weighted by atomic mass is 32.1. The van der Waals surface area contributed by atoms with Crippen molar-refractivity contribution in [1.29, 1.82) is 0 Å². The van der Waals surface area contributed by atoms with Gasteiger partial charge in [-0.05, 0) is 12.1 Å². The Hall–Kier alpha value is -3.00. The second-order valence-electron chi connectivity index (χ2n) is 4.99. The van der Waals surface area contributed by atoms with E-state index in [-0.39, 0.29) is 17.8 Å². The molecule has 0 atom stereocenters. The van der Waals surface area contributed by atoms with E-state index in [4.69, 9.17) is 4.74 Å². The molecule has 0 aliphatic rings. The van der Waals surface area contributed by atoms with Crippen LogP contribution in [-0.4, -0.2) is 21.6 Å². The lowest BCUT2D eigenvalue weighted by Gasteiger charge is -2.03. The van der Waals surface area contributed by atoms with Crippen molar-refractivity contribution in [3.8, 4) is 16.3 Å². The van der Waals surface area contributed by atoms with Gasteiger partial charge in [0.1, 0.15) is 10.8 Å². The first-order valence-corrected chi connectivity index (χ1v) is 7.88. The highest BCUT2D eigenvalue weighted by Crippen LogP contribution is 2.27. The van der Waals surface area contributed by atoms with E-state index >= 15 is 0 Å². The van der Waals surface area contributed by atoms with Crippen molar-refractivity contribution in [1.82, 2.24) is 9.55 Å². The highest BCUT2D eigenvalue weighted by Gasteiger charge is 2.10.